The average molecular weight is 327 g/mol. The molecular formula is C11H11BrN4OS. The third-order valence-electron chi connectivity index (χ3n) is 2.22. The smallest absolute Gasteiger partial charge is 0.255 e. The first kappa shape index (κ1) is 13.0. The SMILES string of the molecule is Cc1ncc(CNC(=O)c2cc(Br)cnc2N)s1. The fraction of sp³-hybridized carbons (Fsp3) is 0.182. The van der Waals surface area contributed by atoms with Gasteiger partial charge < -0.3 is 11.1 Å². The summed E-state index contributed by atoms with van der Waals surface area (Å²) < 4.78 is 0.718. The van der Waals surface area contributed by atoms with Gasteiger partial charge in [0.2, 0.25) is 0 Å². The van der Waals surface area contributed by atoms with E-state index < -0.39 is 0 Å². The van der Waals surface area contributed by atoms with Gasteiger partial charge in [-0.05, 0) is 28.9 Å². The highest BCUT2D eigenvalue weighted by Crippen LogP contribution is 2.16. The Balaban J connectivity index is 2.05. The molecule has 2 heterocycles. The summed E-state index contributed by atoms with van der Waals surface area (Å²) in [6.45, 7) is 2.36. The topological polar surface area (TPSA) is 80.9 Å². The zero-order valence-electron chi connectivity index (χ0n) is 9.61. The summed E-state index contributed by atoms with van der Waals surface area (Å²) in [4.78, 5) is 21.0. The molecule has 0 saturated heterocycles. The predicted octanol–water partition coefficient (Wildman–Crippen LogP) is 2.12. The number of rotatable bonds is 3. The molecule has 0 saturated carbocycles. The van der Waals surface area contributed by atoms with Crippen LogP contribution in [0.3, 0.4) is 0 Å². The third kappa shape index (κ3) is 3.05. The van der Waals surface area contributed by atoms with E-state index in [1.807, 2.05) is 6.92 Å². The van der Waals surface area contributed by atoms with Crippen molar-refractivity contribution in [2.24, 2.45) is 0 Å². The number of aromatic nitrogens is 2. The van der Waals surface area contributed by atoms with Crippen molar-refractivity contribution in [3.63, 3.8) is 0 Å². The summed E-state index contributed by atoms with van der Waals surface area (Å²) in [7, 11) is 0. The third-order valence-corrected chi connectivity index (χ3v) is 3.57. The molecule has 3 N–H and O–H groups in total. The number of nitrogens with zero attached hydrogens (tertiary/aromatic N) is 2. The van der Waals surface area contributed by atoms with Gasteiger partial charge in [-0.2, -0.15) is 0 Å². The van der Waals surface area contributed by atoms with Crippen molar-refractivity contribution >= 4 is 39.0 Å². The normalized spacial score (nSPS) is 10.3. The van der Waals surface area contributed by atoms with Gasteiger partial charge in [0, 0.05) is 21.7 Å². The largest absolute Gasteiger partial charge is 0.383 e. The molecule has 0 bridgehead atoms. The molecule has 0 aliphatic rings. The second kappa shape index (κ2) is 5.45. The van der Waals surface area contributed by atoms with E-state index in [4.69, 9.17) is 5.73 Å². The lowest BCUT2D eigenvalue weighted by molar-refractivity contribution is 0.0952. The highest BCUT2D eigenvalue weighted by molar-refractivity contribution is 9.10. The molecule has 0 fully saturated rings. The van der Waals surface area contributed by atoms with Crippen LogP contribution in [0.25, 0.3) is 0 Å². The molecular weight excluding hydrogens is 316 g/mol. The maximum atomic E-state index is 11.9. The summed E-state index contributed by atoms with van der Waals surface area (Å²) in [5.41, 5.74) is 6.03. The first-order valence-corrected chi connectivity index (χ1v) is 6.77. The Hall–Kier alpha value is -1.47. The quantitative estimate of drug-likeness (QED) is 0.905. The summed E-state index contributed by atoms with van der Waals surface area (Å²) in [6.07, 6.45) is 3.31. The molecule has 18 heavy (non-hydrogen) atoms. The van der Waals surface area contributed by atoms with E-state index in [0.717, 1.165) is 14.4 Å². The molecule has 0 radical (unpaired) electrons. The Bertz CT molecular complexity index is 584. The molecule has 2 aromatic heterocycles. The highest BCUT2D eigenvalue weighted by atomic mass is 79.9. The molecule has 0 unspecified atom stereocenters. The Kier molecular flexibility index (Phi) is 3.93. The molecule has 94 valence electrons. The molecule has 2 aromatic rings. The van der Waals surface area contributed by atoms with E-state index in [2.05, 4.69) is 31.2 Å². The van der Waals surface area contributed by atoms with E-state index in [1.165, 1.54) is 0 Å². The molecule has 0 aliphatic heterocycles. The lowest BCUT2D eigenvalue weighted by Gasteiger charge is -2.06. The van der Waals surface area contributed by atoms with E-state index in [-0.39, 0.29) is 11.7 Å². The van der Waals surface area contributed by atoms with Crippen LogP contribution in [-0.4, -0.2) is 15.9 Å². The molecule has 0 spiro atoms. The minimum atomic E-state index is -0.243. The zero-order chi connectivity index (χ0) is 13.1. The van der Waals surface area contributed by atoms with Crippen molar-refractivity contribution < 1.29 is 4.79 Å². The van der Waals surface area contributed by atoms with Crippen LogP contribution in [0.1, 0.15) is 20.2 Å². The first-order valence-electron chi connectivity index (χ1n) is 5.17. The minimum Gasteiger partial charge on any atom is -0.383 e. The van der Waals surface area contributed by atoms with Gasteiger partial charge in [0.15, 0.2) is 0 Å². The Labute approximate surface area is 117 Å². The maximum Gasteiger partial charge on any atom is 0.255 e. The van der Waals surface area contributed by atoms with Crippen LogP contribution in [0.4, 0.5) is 5.82 Å². The predicted molar refractivity (Wildman–Crippen MR) is 74.4 cm³/mol. The molecule has 1 amide bonds. The number of nitrogens with two attached hydrogens (primary N) is 1. The minimum absolute atomic E-state index is 0.219. The van der Waals surface area contributed by atoms with Crippen LogP contribution in [0.5, 0.6) is 0 Å². The number of amides is 1. The van der Waals surface area contributed by atoms with Crippen molar-refractivity contribution in [1.29, 1.82) is 0 Å². The maximum absolute atomic E-state index is 11.9. The van der Waals surface area contributed by atoms with Gasteiger partial charge in [0.05, 0.1) is 17.1 Å². The van der Waals surface area contributed by atoms with Crippen LogP contribution in [0, 0.1) is 6.92 Å². The molecule has 0 aromatic carbocycles. The van der Waals surface area contributed by atoms with E-state index in [9.17, 15) is 4.79 Å². The van der Waals surface area contributed by atoms with Crippen molar-refractivity contribution in [2.75, 3.05) is 5.73 Å². The summed E-state index contributed by atoms with van der Waals surface area (Å²) in [6, 6.07) is 1.65. The number of nitrogens with one attached hydrogen (secondary N) is 1. The number of hydrogen-bond acceptors (Lipinski definition) is 5. The van der Waals surface area contributed by atoms with Crippen LogP contribution in [0.2, 0.25) is 0 Å². The molecule has 7 heteroatoms. The summed E-state index contributed by atoms with van der Waals surface area (Å²) in [5, 5.41) is 3.76. The van der Waals surface area contributed by atoms with Gasteiger partial charge in [-0.3, -0.25) is 4.79 Å². The summed E-state index contributed by atoms with van der Waals surface area (Å²) >= 11 is 4.81. The Morgan fingerprint density at radius 3 is 2.94 bits per heavy atom. The number of thiazole rings is 1. The lowest BCUT2D eigenvalue weighted by Crippen LogP contribution is -2.23. The van der Waals surface area contributed by atoms with Gasteiger partial charge in [-0.1, -0.05) is 0 Å². The standard InChI is InChI=1S/C11H11BrN4OS/c1-6-14-4-8(18-6)5-16-11(17)9-2-7(12)3-15-10(9)13/h2-4H,5H2,1H3,(H2,13,15)(H,16,17). The fourth-order valence-electron chi connectivity index (χ4n) is 1.38. The lowest BCUT2D eigenvalue weighted by atomic mass is 10.2. The van der Waals surface area contributed by atoms with E-state index >= 15 is 0 Å². The number of nitrogen functional groups attached to an aromatic ring is 1. The monoisotopic (exact) mass is 326 g/mol. The first-order chi connectivity index (χ1) is 8.56. The van der Waals surface area contributed by atoms with Gasteiger partial charge in [0.25, 0.3) is 5.91 Å². The van der Waals surface area contributed by atoms with Crippen molar-refractivity contribution in [3.8, 4) is 0 Å². The molecule has 5 nitrogen and oxygen atoms in total. The number of pyridine rings is 1. The molecule has 0 atom stereocenters. The molecule has 0 aliphatic carbocycles. The average Bonchev–Trinajstić information content (AvgIpc) is 2.75. The van der Waals surface area contributed by atoms with Crippen LogP contribution in [-0.2, 0) is 6.54 Å². The van der Waals surface area contributed by atoms with Crippen LogP contribution < -0.4 is 11.1 Å². The fourth-order valence-corrected chi connectivity index (χ4v) is 2.45. The number of hydrogen-bond donors (Lipinski definition) is 2. The number of carbonyl (C=O) groups excluding carboxylic acids is 1. The van der Waals surface area contributed by atoms with Crippen LogP contribution >= 0.6 is 27.3 Å². The van der Waals surface area contributed by atoms with Gasteiger partial charge >= 0.3 is 0 Å². The number of aryl methyl sites for hydroxylation is 1. The van der Waals surface area contributed by atoms with Gasteiger partial charge in [-0.25, -0.2) is 9.97 Å². The Morgan fingerprint density at radius 1 is 1.50 bits per heavy atom. The number of carbonyl (C=O) groups is 1. The number of anilines is 1. The van der Waals surface area contributed by atoms with E-state index in [1.54, 1.807) is 29.8 Å². The van der Waals surface area contributed by atoms with Crippen molar-refractivity contribution in [1.82, 2.24) is 15.3 Å². The second-order valence-electron chi connectivity index (χ2n) is 3.61. The zero-order valence-corrected chi connectivity index (χ0v) is 12.0. The van der Waals surface area contributed by atoms with E-state index in [0.29, 0.717) is 12.1 Å². The Morgan fingerprint density at radius 2 is 2.28 bits per heavy atom. The van der Waals surface area contributed by atoms with Gasteiger partial charge in [-0.15, -0.1) is 11.3 Å². The molecule has 2 rings (SSSR count). The van der Waals surface area contributed by atoms with Crippen molar-refractivity contribution in [3.05, 3.63) is 38.4 Å². The van der Waals surface area contributed by atoms with Gasteiger partial charge in [0.1, 0.15) is 5.82 Å². The number of halogens is 1. The second-order valence-corrected chi connectivity index (χ2v) is 5.85. The van der Waals surface area contributed by atoms with Crippen molar-refractivity contribution in [2.45, 2.75) is 13.5 Å². The highest BCUT2D eigenvalue weighted by Gasteiger charge is 2.11. The van der Waals surface area contributed by atoms with Crippen LogP contribution in [0.15, 0.2) is 22.9 Å². The summed E-state index contributed by atoms with van der Waals surface area (Å²) in [5.74, 6) is -0.0245.